The van der Waals surface area contributed by atoms with Crippen LogP contribution < -0.4 is 21.3 Å². The third kappa shape index (κ3) is 5.34. The van der Waals surface area contributed by atoms with E-state index in [-0.39, 0.29) is 12.5 Å². The number of aromatic nitrogens is 2. The van der Waals surface area contributed by atoms with E-state index < -0.39 is 11.2 Å². The average Bonchev–Trinajstić information content (AvgIpc) is 2.54. The lowest BCUT2D eigenvalue weighted by molar-refractivity contribution is -0.121. The number of rotatable bonds is 7. The van der Waals surface area contributed by atoms with Crippen molar-refractivity contribution in [3.63, 3.8) is 0 Å². The Morgan fingerprint density at radius 3 is 2.72 bits per heavy atom. The van der Waals surface area contributed by atoms with Crippen LogP contribution in [-0.2, 0) is 11.3 Å². The lowest BCUT2D eigenvalue weighted by atomic mass is 10.1. The Kier molecular flexibility index (Phi) is 6.16. The zero-order valence-electron chi connectivity index (χ0n) is 14.7. The van der Waals surface area contributed by atoms with E-state index in [4.69, 9.17) is 4.74 Å². The number of amides is 1. The minimum absolute atomic E-state index is 0.132. The topological polar surface area (TPSA) is 93.2 Å². The number of hydrogen-bond donors (Lipinski definition) is 2. The molecule has 1 aromatic heterocycles. The molecule has 7 nitrogen and oxygen atoms in total. The average molecular weight is 345 g/mol. The number of aromatic amines is 1. The number of H-pyrrole nitrogens is 1. The maximum Gasteiger partial charge on any atom is 0.328 e. The van der Waals surface area contributed by atoms with Gasteiger partial charge in [-0.15, -0.1) is 0 Å². The number of hydrogen-bond acceptors (Lipinski definition) is 4. The van der Waals surface area contributed by atoms with Crippen molar-refractivity contribution < 1.29 is 9.53 Å². The Morgan fingerprint density at radius 1 is 1.24 bits per heavy atom. The minimum atomic E-state index is -0.601. The first-order valence-electron chi connectivity index (χ1n) is 8.14. The fourth-order valence-electron chi connectivity index (χ4n) is 2.41. The fraction of sp³-hybridized carbons (Fsp3) is 0.389. The van der Waals surface area contributed by atoms with Crippen LogP contribution >= 0.6 is 0 Å². The number of ether oxygens (including phenoxy) is 1. The zero-order valence-corrected chi connectivity index (χ0v) is 14.7. The molecule has 2 aromatic rings. The molecule has 1 aromatic carbocycles. The summed E-state index contributed by atoms with van der Waals surface area (Å²) in [5, 5.41) is 2.73. The van der Waals surface area contributed by atoms with Crippen LogP contribution in [0.5, 0.6) is 5.75 Å². The van der Waals surface area contributed by atoms with Gasteiger partial charge in [0.1, 0.15) is 12.3 Å². The maximum absolute atomic E-state index is 11.8. The Bertz CT molecular complexity index is 867. The second-order valence-corrected chi connectivity index (χ2v) is 5.99. The predicted octanol–water partition coefficient (Wildman–Crippen LogP) is 1.05. The Balaban J connectivity index is 1.75. The summed E-state index contributed by atoms with van der Waals surface area (Å²) >= 11 is 0. The first kappa shape index (κ1) is 18.5. The fourth-order valence-corrected chi connectivity index (χ4v) is 2.41. The van der Waals surface area contributed by atoms with Gasteiger partial charge in [0.25, 0.3) is 5.56 Å². The molecule has 0 saturated carbocycles. The van der Waals surface area contributed by atoms with E-state index in [0.717, 1.165) is 21.4 Å². The molecule has 25 heavy (non-hydrogen) atoms. The third-order valence-corrected chi connectivity index (χ3v) is 3.88. The lowest BCUT2D eigenvalue weighted by Gasteiger charge is -2.12. The molecule has 0 atom stereocenters. The van der Waals surface area contributed by atoms with Crippen molar-refractivity contribution in [3.05, 3.63) is 61.9 Å². The number of nitrogens with zero attached hydrogens (tertiary/aromatic N) is 1. The lowest BCUT2D eigenvalue weighted by Crippen LogP contribution is -2.35. The van der Waals surface area contributed by atoms with Crippen LogP contribution in [0.15, 0.2) is 34.0 Å². The largest absolute Gasteiger partial charge is 0.493 e. The molecule has 0 fully saturated rings. The summed E-state index contributed by atoms with van der Waals surface area (Å²) in [4.78, 5) is 36.4. The molecule has 0 aliphatic rings. The number of benzene rings is 1. The first-order valence-corrected chi connectivity index (χ1v) is 8.14. The van der Waals surface area contributed by atoms with Crippen LogP contribution in [0.3, 0.4) is 0 Å². The molecule has 2 rings (SSSR count). The maximum atomic E-state index is 11.8. The van der Waals surface area contributed by atoms with Gasteiger partial charge in [0.2, 0.25) is 5.91 Å². The molecule has 0 spiro atoms. The van der Waals surface area contributed by atoms with E-state index in [0.29, 0.717) is 19.6 Å². The van der Waals surface area contributed by atoms with Gasteiger partial charge < -0.3 is 10.1 Å². The highest BCUT2D eigenvalue weighted by Crippen LogP contribution is 2.23. The van der Waals surface area contributed by atoms with Gasteiger partial charge in [-0.1, -0.05) is 6.07 Å². The van der Waals surface area contributed by atoms with Crippen LogP contribution in [0.2, 0.25) is 0 Å². The summed E-state index contributed by atoms with van der Waals surface area (Å²) in [6.45, 7) is 6.90. The molecule has 0 aliphatic carbocycles. The van der Waals surface area contributed by atoms with Crippen molar-refractivity contribution in [1.82, 2.24) is 14.9 Å². The van der Waals surface area contributed by atoms with Gasteiger partial charge in [-0.3, -0.25) is 19.1 Å². The summed E-state index contributed by atoms with van der Waals surface area (Å²) in [7, 11) is 0. The predicted molar refractivity (Wildman–Crippen MR) is 95.1 cm³/mol. The van der Waals surface area contributed by atoms with Crippen molar-refractivity contribution in [3.8, 4) is 5.75 Å². The summed E-state index contributed by atoms with van der Waals surface area (Å²) < 4.78 is 6.93. The van der Waals surface area contributed by atoms with E-state index in [2.05, 4.69) is 16.4 Å². The van der Waals surface area contributed by atoms with Gasteiger partial charge in [-0.05, 0) is 49.9 Å². The number of aryl methyl sites for hydroxylation is 2. The van der Waals surface area contributed by atoms with Crippen molar-refractivity contribution in [1.29, 1.82) is 0 Å². The van der Waals surface area contributed by atoms with Gasteiger partial charge in [-0.25, -0.2) is 4.79 Å². The first-order chi connectivity index (χ1) is 11.9. The molecule has 1 amide bonds. The zero-order chi connectivity index (χ0) is 18.4. The SMILES string of the molecule is Cc1cc(C)c(C)c(OCCCNC(=O)Cn2ccc(=O)[nH]c2=O)c1. The van der Waals surface area contributed by atoms with Gasteiger partial charge >= 0.3 is 5.69 Å². The molecule has 1 heterocycles. The number of carbonyl (C=O) groups is 1. The second kappa shape index (κ2) is 8.32. The van der Waals surface area contributed by atoms with E-state index in [9.17, 15) is 14.4 Å². The summed E-state index contributed by atoms with van der Waals surface area (Å²) in [6, 6.07) is 5.32. The van der Waals surface area contributed by atoms with Crippen molar-refractivity contribution >= 4 is 5.91 Å². The van der Waals surface area contributed by atoms with Gasteiger partial charge in [0.15, 0.2) is 0 Å². The highest BCUT2D eigenvalue weighted by molar-refractivity contribution is 5.75. The molecular formula is C18H23N3O4. The molecule has 134 valence electrons. The van der Waals surface area contributed by atoms with Gasteiger partial charge in [0.05, 0.1) is 6.61 Å². The number of nitrogens with one attached hydrogen (secondary N) is 2. The van der Waals surface area contributed by atoms with Crippen LogP contribution in [0.25, 0.3) is 0 Å². The smallest absolute Gasteiger partial charge is 0.328 e. The van der Waals surface area contributed by atoms with Crippen LogP contribution in [0, 0.1) is 20.8 Å². The summed E-state index contributed by atoms with van der Waals surface area (Å²) in [5.74, 6) is 0.570. The molecular weight excluding hydrogens is 322 g/mol. The molecule has 7 heteroatoms. The summed E-state index contributed by atoms with van der Waals surface area (Å²) in [6.07, 6.45) is 1.95. The van der Waals surface area contributed by atoms with Gasteiger partial charge in [0, 0.05) is 18.8 Å². The molecule has 0 saturated heterocycles. The number of carbonyl (C=O) groups excluding carboxylic acids is 1. The molecule has 0 radical (unpaired) electrons. The second-order valence-electron chi connectivity index (χ2n) is 5.99. The molecule has 0 bridgehead atoms. The molecule has 0 aliphatic heterocycles. The highest BCUT2D eigenvalue weighted by atomic mass is 16.5. The van der Waals surface area contributed by atoms with Crippen molar-refractivity contribution in [2.45, 2.75) is 33.7 Å². The third-order valence-electron chi connectivity index (χ3n) is 3.88. The highest BCUT2D eigenvalue weighted by Gasteiger charge is 2.06. The quantitative estimate of drug-likeness (QED) is 0.734. The Hall–Kier alpha value is -2.83. The Morgan fingerprint density at radius 2 is 2.00 bits per heavy atom. The normalized spacial score (nSPS) is 10.5. The summed E-state index contributed by atoms with van der Waals surface area (Å²) in [5.41, 5.74) is 2.37. The Labute approximate surface area is 145 Å². The standard InChI is InChI=1S/C18H23N3O4/c1-12-9-13(2)14(3)15(10-12)25-8-4-6-19-17(23)11-21-7-5-16(22)20-18(21)24/h5,7,9-10H,4,6,8,11H2,1-3H3,(H,19,23)(H,20,22,24). The van der Waals surface area contributed by atoms with E-state index >= 15 is 0 Å². The van der Waals surface area contributed by atoms with Crippen molar-refractivity contribution in [2.24, 2.45) is 0 Å². The van der Waals surface area contributed by atoms with Crippen LogP contribution in [0.4, 0.5) is 0 Å². The van der Waals surface area contributed by atoms with Gasteiger partial charge in [-0.2, -0.15) is 0 Å². The van der Waals surface area contributed by atoms with E-state index in [1.165, 1.54) is 17.8 Å². The van der Waals surface area contributed by atoms with Crippen molar-refractivity contribution in [2.75, 3.05) is 13.2 Å². The van der Waals surface area contributed by atoms with Crippen LogP contribution in [0.1, 0.15) is 23.1 Å². The minimum Gasteiger partial charge on any atom is -0.493 e. The monoisotopic (exact) mass is 345 g/mol. The molecule has 2 N–H and O–H groups in total. The van der Waals surface area contributed by atoms with Crippen LogP contribution in [-0.4, -0.2) is 28.6 Å². The molecule has 0 unspecified atom stereocenters. The van der Waals surface area contributed by atoms with E-state index in [1.54, 1.807) is 0 Å². The van der Waals surface area contributed by atoms with E-state index in [1.807, 2.05) is 26.8 Å².